The van der Waals surface area contributed by atoms with E-state index >= 15 is 0 Å². The topological polar surface area (TPSA) is 123 Å². The smallest absolute Gasteiger partial charge is 0.254 e. The minimum absolute atomic E-state index is 0.0202. The van der Waals surface area contributed by atoms with Crippen LogP contribution < -0.4 is 20.0 Å². The van der Waals surface area contributed by atoms with E-state index in [9.17, 15) is 19.5 Å². The summed E-state index contributed by atoms with van der Waals surface area (Å²) in [6.45, 7) is 1.46. The monoisotopic (exact) mass is 435 g/mol. The third kappa shape index (κ3) is 4.08. The second kappa shape index (κ2) is 8.60. The van der Waals surface area contributed by atoms with Crippen LogP contribution >= 0.6 is 0 Å². The van der Waals surface area contributed by atoms with Gasteiger partial charge in [-0.25, -0.2) is 4.90 Å². The highest BCUT2D eigenvalue weighted by Crippen LogP contribution is 2.27. The average molecular weight is 435 g/mol. The molecule has 0 saturated carbocycles. The zero-order chi connectivity index (χ0) is 22.8. The molecule has 0 aliphatic carbocycles. The van der Waals surface area contributed by atoms with Crippen LogP contribution in [0.15, 0.2) is 59.1 Å². The molecule has 1 aliphatic rings. The van der Waals surface area contributed by atoms with Gasteiger partial charge in [0.05, 0.1) is 30.0 Å². The predicted molar refractivity (Wildman–Crippen MR) is 111 cm³/mol. The number of benzene rings is 2. The lowest BCUT2D eigenvalue weighted by Crippen LogP contribution is -2.44. The minimum atomic E-state index is -0.740. The lowest BCUT2D eigenvalue weighted by atomic mass is 10.2. The summed E-state index contributed by atoms with van der Waals surface area (Å²) in [7, 11) is 1.67. The maximum Gasteiger partial charge on any atom is 0.254 e. The van der Waals surface area contributed by atoms with E-state index in [0.29, 0.717) is 17.1 Å². The van der Waals surface area contributed by atoms with Crippen LogP contribution in [0.5, 0.6) is 5.95 Å². The van der Waals surface area contributed by atoms with Gasteiger partial charge in [-0.05, 0) is 36.0 Å². The van der Waals surface area contributed by atoms with Crippen LogP contribution in [0.1, 0.15) is 19.0 Å². The second-order valence-corrected chi connectivity index (χ2v) is 7.48. The molecule has 0 radical (unpaired) electrons. The summed E-state index contributed by atoms with van der Waals surface area (Å²) in [6.07, 6.45) is -0.0202. The predicted octanol–water partition coefficient (Wildman–Crippen LogP) is 0.747. The molecule has 10 nitrogen and oxygen atoms in total. The van der Waals surface area contributed by atoms with Crippen molar-refractivity contribution in [3.05, 3.63) is 60.3 Å². The van der Waals surface area contributed by atoms with Crippen molar-refractivity contribution in [3.63, 3.8) is 0 Å². The number of nitrogens with zero attached hydrogens (tertiary/aromatic N) is 4. The van der Waals surface area contributed by atoms with Crippen molar-refractivity contribution in [2.75, 3.05) is 17.3 Å². The van der Waals surface area contributed by atoms with E-state index in [1.807, 2.05) is 18.2 Å². The van der Waals surface area contributed by atoms with Crippen molar-refractivity contribution in [3.8, 4) is 11.6 Å². The van der Waals surface area contributed by atoms with Gasteiger partial charge in [-0.15, -0.1) is 0 Å². The molecule has 10 heteroatoms. The summed E-state index contributed by atoms with van der Waals surface area (Å²) in [6, 6.07) is 14.7. The molecule has 1 saturated heterocycles. The molecule has 32 heavy (non-hydrogen) atoms. The van der Waals surface area contributed by atoms with Gasteiger partial charge in [-0.3, -0.25) is 19.3 Å². The third-order valence-corrected chi connectivity index (χ3v) is 5.20. The van der Waals surface area contributed by atoms with E-state index in [-0.39, 0.29) is 36.4 Å². The number of amides is 3. The number of anilines is 2. The Morgan fingerprint density at radius 3 is 2.56 bits per heavy atom. The molecular formula is C22H21N5O5. The van der Waals surface area contributed by atoms with E-state index in [2.05, 4.69) is 10.6 Å². The van der Waals surface area contributed by atoms with Crippen LogP contribution in [0, 0.1) is 0 Å². The minimum Gasteiger partial charge on any atom is -0.539 e. The van der Waals surface area contributed by atoms with Crippen LogP contribution in [0.2, 0.25) is 0 Å². The standard InChI is InChI=1S/C22H21N5O5/c1-14(28)23-15-8-10-16(11-9-15)26-20(29)12-18(21(26)30)25(2)13-19-22(31)32-24-27(19)17-6-4-3-5-7-17/h3-11,18H,12-13H2,1-2H3,(H-,23,24,28,31). The van der Waals surface area contributed by atoms with E-state index in [1.54, 1.807) is 48.3 Å². The summed E-state index contributed by atoms with van der Waals surface area (Å²) in [4.78, 5) is 39.6. The quantitative estimate of drug-likeness (QED) is 0.448. The maximum atomic E-state index is 13.1. The number of hydrogen-bond acceptors (Lipinski definition) is 7. The highest BCUT2D eigenvalue weighted by atomic mass is 16.6. The Hall–Kier alpha value is -4.05. The fraction of sp³-hybridized carbons (Fsp3) is 0.227. The third-order valence-electron chi connectivity index (χ3n) is 5.20. The molecule has 0 bridgehead atoms. The molecule has 3 aromatic rings. The Bertz CT molecular complexity index is 1160. The molecule has 1 aromatic heterocycles. The van der Waals surface area contributed by atoms with Gasteiger partial charge in [-0.1, -0.05) is 18.2 Å². The van der Waals surface area contributed by atoms with Gasteiger partial charge in [-0.2, -0.15) is 0 Å². The zero-order valence-electron chi connectivity index (χ0n) is 17.5. The Labute approximate surface area is 183 Å². The van der Waals surface area contributed by atoms with Crippen molar-refractivity contribution in [2.45, 2.75) is 25.9 Å². The molecule has 1 aliphatic heterocycles. The van der Waals surface area contributed by atoms with Gasteiger partial charge in [0, 0.05) is 24.7 Å². The first-order valence-electron chi connectivity index (χ1n) is 9.93. The molecule has 3 amide bonds. The van der Waals surface area contributed by atoms with E-state index in [0.717, 1.165) is 4.90 Å². The Morgan fingerprint density at radius 1 is 1.22 bits per heavy atom. The number of carbonyl (C=O) groups is 3. The number of para-hydroxylation sites is 1. The number of nitrogens with one attached hydrogen (secondary N) is 1. The Balaban J connectivity index is 1.52. The molecule has 164 valence electrons. The van der Waals surface area contributed by atoms with Crippen molar-refractivity contribution in [1.29, 1.82) is 0 Å². The molecule has 1 unspecified atom stereocenters. The van der Waals surface area contributed by atoms with E-state index in [1.165, 1.54) is 11.6 Å². The first kappa shape index (κ1) is 21.2. The van der Waals surface area contributed by atoms with Crippen LogP contribution in [0.25, 0.3) is 5.69 Å². The van der Waals surface area contributed by atoms with E-state index < -0.39 is 12.0 Å². The first-order valence-corrected chi connectivity index (χ1v) is 9.93. The van der Waals surface area contributed by atoms with Crippen molar-refractivity contribution >= 4 is 29.1 Å². The van der Waals surface area contributed by atoms with Crippen molar-refractivity contribution < 1.29 is 28.7 Å². The molecule has 1 N–H and O–H groups in total. The number of rotatable bonds is 6. The summed E-state index contributed by atoms with van der Waals surface area (Å²) < 4.78 is 6.22. The highest BCUT2D eigenvalue weighted by Gasteiger charge is 2.42. The van der Waals surface area contributed by atoms with Crippen molar-refractivity contribution in [2.24, 2.45) is 0 Å². The van der Waals surface area contributed by atoms with Gasteiger partial charge < -0.3 is 14.9 Å². The number of likely N-dealkylation sites (N-methyl/N-ethyl adjacent to an activating group) is 1. The maximum absolute atomic E-state index is 13.1. The summed E-state index contributed by atoms with van der Waals surface area (Å²) in [5.41, 5.74) is 1.88. The fourth-order valence-electron chi connectivity index (χ4n) is 3.65. The van der Waals surface area contributed by atoms with Gasteiger partial charge in [0.25, 0.3) is 11.6 Å². The SMILES string of the molecule is CC(=O)Nc1ccc(N2C(=O)CC(N(C)Cc3c([O-])on[n+]3-c3ccccc3)C2=O)cc1. The molecule has 2 aromatic carbocycles. The van der Waals surface area contributed by atoms with Crippen molar-refractivity contribution in [1.82, 2.24) is 10.2 Å². The molecule has 2 heterocycles. The number of hydrogen-bond donors (Lipinski definition) is 1. The van der Waals surface area contributed by atoms with Crippen LogP contribution in [-0.4, -0.2) is 41.0 Å². The highest BCUT2D eigenvalue weighted by molar-refractivity contribution is 6.22. The Morgan fingerprint density at radius 2 is 1.91 bits per heavy atom. The zero-order valence-corrected chi connectivity index (χ0v) is 17.5. The second-order valence-electron chi connectivity index (χ2n) is 7.48. The van der Waals surface area contributed by atoms with Crippen LogP contribution in [0.3, 0.4) is 0 Å². The number of aromatic nitrogens is 2. The van der Waals surface area contributed by atoms with E-state index in [4.69, 9.17) is 4.52 Å². The molecule has 1 atom stereocenters. The largest absolute Gasteiger partial charge is 0.539 e. The average Bonchev–Trinajstić information content (AvgIpc) is 3.28. The number of imide groups is 1. The lowest BCUT2D eigenvalue weighted by Gasteiger charge is -2.21. The molecule has 1 fully saturated rings. The summed E-state index contributed by atoms with van der Waals surface area (Å²) in [5, 5.41) is 18.7. The summed E-state index contributed by atoms with van der Waals surface area (Å²) >= 11 is 0. The van der Waals surface area contributed by atoms with Gasteiger partial charge in [0.1, 0.15) is 0 Å². The normalized spacial score (nSPS) is 16.1. The molecule has 0 spiro atoms. The first-order chi connectivity index (χ1) is 15.3. The molecule has 4 rings (SSSR count). The Kier molecular flexibility index (Phi) is 5.69. The van der Waals surface area contributed by atoms with Crippen LogP contribution in [0.4, 0.5) is 11.4 Å². The van der Waals surface area contributed by atoms with Gasteiger partial charge >= 0.3 is 0 Å². The molecular weight excluding hydrogens is 414 g/mol. The summed E-state index contributed by atoms with van der Waals surface area (Å²) in [5.74, 6) is -1.56. The number of carbonyl (C=O) groups excluding carboxylic acids is 3. The fourth-order valence-corrected chi connectivity index (χ4v) is 3.65. The van der Waals surface area contributed by atoms with Gasteiger partial charge in [0.2, 0.25) is 17.5 Å². The van der Waals surface area contributed by atoms with Crippen LogP contribution in [-0.2, 0) is 20.9 Å². The lowest BCUT2D eigenvalue weighted by molar-refractivity contribution is -0.678. The van der Waals surface area contributed by atoms with Gasteiger partial charge in [0.15, 0.2) is 5.95 Å².